The van der Waals surface area contributed by atoms with E-state index < -0.39 is 30.2 Å². The van der Waals surface area contributed by atoms with Crippen molar-refractivity contribution in [2.45, 2.75) is 31.5 Å². The number of nitrogens with two attached hydrogens (primary N) is 1. The van der Waals surface area contributed by atoms with Crippen LogP contribution in [0.1, 0.15) is 13.2 Å². The van der Waals surface area contributed by atoms with Crippen molar-refractivity contribution < 1.29 is 19.7 Å². The summed E-state index contributed by atoms with van der Waals surface area (Å²) in [4.78, 5) is 15.2. The molecule has 1 aromatic heterocycles. The normalized spacial score (nSPS) is 30.7. The van der Waals surface area contributed by atoms with E-state index in [0.717, 1.165) is 4.57 Å². The van der Waals surface area contributed by atoms with Crippen molar-refractivity contribution in [3.05, 3.63) is 22.7 Å². The molecule has 2 heterocycles. The van der Waals surface area contributed by atoms with E-state index in [1.165, 1.54) is 12.3 Å². The van der Waals surface area contributed by atoms with Gasteiger partial charge in [-0.25, -0.2) is 4.79 Å². The lowest BCUT2D eigenvalue weighted by Crippen LogP contribution is -2.36. The first-order chi connectivity index (χ1) is 9.04. The molecule has 0 saturated carbocycles. The van der Waals surface area contributed by atoms with Gasteiger partial charge in [-0.15, -0.1) is 0 Å². The summed E-state index contributed by atoms with van der Waals surface area (Å²) in [5, 5.41) is 19.8. The molecule has 0 spiro atoms. The Kier molecular flexibility index (Phi) is 4.15. The number of nitrogens with zero attached hydrogens (tertiary/aromatic N) is 2. The molecular weight excluding hydrogens is 254 g/mol. The third-order valence-corrected chi connectivity index (χ3v) is 2.95. The number of nitrogen functional groups attached to an aromatic ring is 1. The molecule has 2 rings (SSSR count). The number of aliphatic hydroxyl groups excluding tert-OH is 2. The summed E-state index contributed by atoms with van der Waals surface area (Å²) in [5.41, 5.74) is 4.74. The fourth-order valence-electron chi connectivity index (χ4n) is 1.95. The van der Waals surface area contributed by atoms with Crippen LogP contribution in [-0.2, 0) is 9.47 Å². The number of aliphatic hydroxyl groups is 2. The van der Waals surface area contributed by atoms with E-state index in [-0.39, 0.29) is 12.4 Å². The van der Waals surface area contributed by atoms with E-state index in [9.17, 15) is 15.0 Å². The molecule has 1 fully saturated rings. The Bertz CT molecular complexity index is 491. The van der Waals surface area contributed by atoms with Gasteiger partial charge in [-0.3, -0.25) is 4.57 Å². The Morgan fingerprint density at radius 3 is 2.89 bits per heavy atom. The topological polar surface area (TPSA) is 120 Å². The average Bonchev–Trinajstić information content (AvgIpc) is 2.64. The van der Waals surface area contributed by atoms with Crippen molar-refractivity contribution in [3.63, 3.8) is 0 Å². The second-order valence-corrected chi connectivity index (χ2v) is 4.25. The Hall–Kier alpha value is -1.48. The molecule has 0 unspecified atom stereocenters. The van der Waals surface area contributed by atoms with Gasteiger partial charge >= 0.3 is 5.69 Å². The van der Waals surface area contributed by atoms with Gasteiger partial charge in [0.2, 0.25) is 0 Å². The summed E-state index contributed by atoms with van der Waals surface area (Å²) >= 11 is 0. The fourth-order valence-corrected chi connectivity index (χ4v) is 1.95. The lowest BCUT2D eigenvalue weighted by atomic mass is 10.1. The van der Waals surface area contributed by atoms with Crippen LogP contribution >= 0.6 is 0 Å². The number of hydrogen-bond acceptors (Lipinski definition) is 7. The van der Waals surface area contributed by atoms with Crippen LogP contribution in [0.3, 0.4) is 0 Å². The zero-order valence-electron chi connectivity index (χ0n) is 10.5. The van der Waals surface area contributed by atoms with Crippen LogP contribution < -0.4 is 11.4 Å². The van der Waals surface area contributed by atoms with Gasteiger partial charge in [-0.2, -0.15) is 4.98 Å². The molecule has 4 N–H and O–H groups in total. The maximum Gasteiger partial charge on any atom is 0.351 e. The predicted octanol–water partition coefficient (Wildman–Crippen LogP) is -1.52. The SMILES string of the molecule is CCOC[C@H]1O[C@@H](n2ccc(N)nc2=O)[C@@H](O)[C@@H]1O. The quantitative estimate of drug-likeness (QED) is 0.608. The molecule has 19 heavy (non-hydrogen) atoms. The third-order valence-electron chi connectivity index (χ3n) is 2.95. The highest BCUT2D eigenvalue weighted by molar-refractivity contribution is 5.23. The van der Waals surface area contributed by atoms with Crippen molar-refractivity contribution in [1.82, 2.24) is 9.55 Å². The van der Waals surface area contributed by atoms with Gasteiger partial charge in [0, 0.05) is 12.8 Å². The van der Waals surface area contributed by atoms with Gasteiger partial charge in [0.1, 0.15) is 24.1 Å². The maximum atomic E-state index is 11.7. The van der Waals surface area contributed by atoms with Crippen LogP contribution in [0.2, 0.25) is 0 Å². The Labute approximate surface area is 109 Å². The van der Waals surface area contributed by atoms with Crippen LogP contribution in [0.15, 0.2) is 17.1 Å². The highest BCUT2D eigenvalue weighted by Crippen LogP contribution is 2.28. The second-order valence-electron chi connectivity index (χ2n) is 4.25. The lowest BCUT2D eigenvalue weighted by molar-refractivity contribution is -0.0668. The van der Waals surface area contributed by atoms with E-state index in [4.69, 9.17) is 15.2 Å². The molecule has 1 saturated heterocycles. The minimum atomic E-state index is -1.23. The first-order valence-corrected chi connectivity index (χ1v) is 5.98. The third kappa shape index (κ3) is 2.76. The summed E-state index contributed by atoms with van der Waals surface area (Å²) in [6.45, 7) is 2.42. The highest BCUT2D eigenvalue weighted by atomic mass is 16.6. The standard InChI is InChI=1S/C11H17N3O5/c1-2-18-5-6-8(15)9(16)10(19-6)14-4-3-7(12)13-11(14)17/h3-4,6,8-10,15-16H,2,5H2,1H3,(H2,12,13,17)/t6-,8-,9+,10-/m1/s1. The molecule has 106 valence electrons. The summed E-state index contributed by atoms with van der Waals surface area (Å²) in [6, 6.07) is 1.42. The number of aromatic nitrogens is 2. The molecular formula is C11H17N3O5. The molecule has 0 bridgehead atoms. The smallest absolute Gasteiger partial charge is 0.351 e. The van der Waals surface area contributed by atoms with Crippen LogP contribution in [0.4, 0.5) is 5.82 Å². The van der Waals surface area contributed by atoms with E-state index in [1.54, 1.807) is 0 Å². The Morgan fingerprint density at radius 2 is 2.26 bits per heavy atom. The van der Waals surface area contributed by atoms with Crippen molar-refractivity contribution in [1.29, 1.82) is 0 Å². The van der Waals surface area contributed by atoms with Crippen LogP contribution in [0, 0.1) is 0 Å². The van der Waals surface area contributed by atoms with Crippen molar-refractivity contribution in [2.75, 3.05) is 18.9 Å². The van der Waals surface area contributed by atoms with E-state index in [2.05, 4.69) is 4.98 Å². The molecule has 0 aromatic carbocycles. The zero-order chi connectivity index (χ0) is 14.0. The number of anilines is 1. The van der Waals surface area contributed by atoms with Crippen molar-refractivity contribution in [3.8, 4) is 0 Å². The molecule has 0 aliphatic carbocycles. The first-order valence-electron chi connectivity index (χ1n) is 5.98. The van der Waals surface area contributed by atoms with Crippen LogP contribution in [-0.4, -0.2) is 51.3 Å². The molecule has 1 aromatic rings. The number of hydrogen-bond donors (Lipinski definition) is 3. The molecule has 8 heteroatoms. The van der Waals surface area contributed by atoms with Gasteiger partial charge in [-0.05, 0) is 13.0 Å². The van der Waals surface area contributed by atoms with Crippen LogP contribution in [0.25, 0.3) is 0 Å². The van der Waals surface area contributed by atoms with E-state index in [1.807, 2.05) is 6.92 Å². The monoisotopic (exact) mass is 271 g/mol. The van der Waals surface area contributed by atoms with Gasteiger partial charge in [0.05, 0.1) is 6.61 Å². The largest absolute Gasteiger partial charge is 0.387 e. The van der Waals surface area contributed by atoms with Crippen molar-refractivity contribution in [2.24, 2.45) is 0 Å². The molecule has 8 nitrogen and oxygen atoms in total. The molecule has 0 amide bonds. The van der Waals surface area contributed by atoms with Gasteiger partial charge in [0.25, 0.3) is 0 Å². The van der Waals surface area contributed by atoms with Gasteiger partial charge in [0.15, 0.2) is 6.23 Å². The highest BCUT2D eigenvalue weighted by Gasteiger charge is 2.44. The molecule has 0 radical (unpaired) electrons. The van der Waals surface area contributed by atoms with Crippen molar-refractivity contribution >= 4 is 5.82 Å². The summed E-state index contributed by atoms with van der Waals surface area (Å²) in [5.74, 6) is 0.0835. The molecule has 1 aliphatic heterocycles. The van der Waals surface area contributed by atoms with E-state index >= 15 is 0 Å². The lowest BCUT2D eigenvalue weighted by Gasteiger charge is -2.16. The summed E-state index contributed by atoms with van der Waals surface area (Å²) in [6.07, 6.45) is -2.67. The number of ether oxygens (including phenoxy) is 2. The van der Waals surface area contributed by atoms with Gasteiger partial charge < -0.3 is 25.4 Å². The average molecular weight is 271 g/mol. The minimum absolute atomic E-state index is 0.0835. The Morgan fingerprint density at radius 1 is 1.53 bits per heavy atom. The summed E-state index contributed by atoms with van der Waals surface area (Å²) < 4.78 is 11.7. The predicted molar refractivity (Wildman–Crippen MR) is 65.3 cm³/mol. The second kappa shape index (κ2) is 5.66. The maximum absolute atomic E-state index is 11.7. The summed E-state index contributed by atoms with van der Waals surface area (Å²) in [7, 11) is 0. The molecule has 1 aliphatic rings. The van der Waals surface area contributed by atoms with Gasteiger partial charge in [-0.1, -0.05) is 0 Å². The zero-order valence-corrected chi connectivity index (χ0v) is 10.5. The first kappa shape index (κ1) is 13.9. The Balaban J connectivity index is 2.19. The van der Waals surface area contributed by atoms with E-state index in [0.29, 0.717) is 6.61 Å². The molecule has 4 atom stereocenters. The fraction of sp³-hybridized carbons (Fsp3) is 0.636. The van der Waals surface area contributed by atoms with Crippen LogP contribution in [0.5, 0.6) is 0 Å². The number of rotatable bonds is 4. The minimum Gasteiger partial charge on any atom is -0.387 e.